The number of hydrogen-bond acceptors (Lipinski definition) is 5. The molecule has 1 aromatic carbocycles. The molecule has 3 aromatic rings. The maximum atomic E-state index is 12.8. The Bertz CT molecular complexity index is 1160. The van der Waals surface area contributed by atoms with Gasteiger partial charge in [-0.15, -0.1) is 0 Å². The van der Waals surface area contributed by atoms with Crippen LogP contribution in [0, 0.1) is 13.8 Å². The second-order valence-corrected chi connectivity index (χ2v) is 7.37. The molecule has 1 N–H and O–H groups in total. The van der Waals surface area contributed by atoms with E-state index in [-0.39, 0.29) is 17.9 Å². The Labute approximate surface area is 160 Å². The molecule has 1 fully saturated rings. The first-order chi connectivity index (χ1) is 13.4. The molecule has 2 aromatic heterocycles. The molecular weight excluding hydrogens is 362 g/mol. The summed E-state index contributed by atoms with van der Waals surface area (Å²) in [6.45, 7) is 4.11. The van der Waals surface area contributed by atoms with Gasteiger partial charge in [0.2, 0.25) is 5.91 Å². The molecule has 0 saturated carbocycles. The molecule has 1 saturated heterocycles. The Morgan fingerprint density at radius 1 is 1.18 bits per heavy atom. The van der Waals surface area contributed by atoms with Crippen molar-refractivity contribution in [2.24, 2.45) is 0 Å². The number of amides is 1. The first-order valence-electron chi connectivity index (χ1n) is 9.33. The number of fused-ring (bicyclic) bond motifs is 2. The van der Waals surface area contributed by atoms with E-state index in [2.05, 4.69) is 0 Å². The van der Waals surface area contributed by atoms with Crippen molar-refractivity contribution < 1.29 is 23.5 Å². The summed E-state index contributed by atoms with van der Waals surface area (Å²) in [4.78, 5) is 38.2. The molecule has 28 heavy (non-hydrogen) atoms. The van der Waals surface area contributed by atoms with E-state index in [1.807, 2.05) is 13.0 Å². The van der Waals surface area contributed by atoms with Gasteiger partial charge < -0.3 is 18.8 Å². The van der Waals surface area contributed by atoms with Gasteiger partial charge in [0, 0.05) is 23.4 Å². The normalized spacial score (nSPS) is 17.4. The van der Waals surface area contributed by atoms with Crippen LogP contribution in [0.25, 0.3) is 21.9 Å². The highest BCUT2D eigenvalue weighted by molar-refractivity contribution is 5.96. The van der Waals surface area contributed by atoms with Gasteiger partial charge in [0.15, 0.2) is 0 Å². The van der Waals surface area contributed by atoms with Gasteiger partial charge in [-0.3, -0.25) is 4.79 Å². The predicted molar refractivity (Wildman–Crippen MR) is 102 cm³/mol. The quantitative estimate of drug-likeness (QED) is 0.697. The summed E-state index contributed by atoms with van der Waals surface area (Å²) < 4.78 is 10.9. The summed E-state index contributed by atoms with van der Waals surface area (Å²) in [6, 6.07) is 2.75. The number of carbonyl (C=O) groups excluding carboxylic acids is 1. The van der Waals surface area contributed by atoms with Crippen molar-refractivity contribution in [3.05, 3.63) is 45.5 Å². The Morgan fingerprint density at radius 3 is 2.71 bits per heavy atom. The fraction of sp³-hybridized carbons (Fsp3) is 0.381. The third kappa shape index (κ3) is 2.96. The number of furan rings is 1. The van der Waals surface area contributed by atoms with Crippen molar-refractivity contribution >= 4 is 33.8 Å². The number of aryl methyl sites for hydroxylation is 2. The number of carbonyl (C=O) groups is 2. The lowest BCUT2D eigenvalue weighted by Crippen LogP contribution is -2.48. The van der Waals surface area contributed by atoms with E-state index in [4.69, 9.17) is 8.83 Å². The molecule has 1 amide bonds. The highest BCUT2D eigenvalue weighted by atomic mass is 16.4. The second-order valence-electron chi connectivity index (χ2n) is 7.37. The topological polar surface area (TPSA) is 101 Å². The molecule has 1 atom stereocenters. The largest absolute Gasteiger partial charge is 0.480 e. The Balaban J connectivity index is 1.74. The molecule has 1 unspecified atom stereocenters. The summed E-state index contributed by atoms with van der Waals surface area (Å²) in [7, 11) is 0. The van der Waals surface area contributed by atoms with E-state index in [1.54, 1.807) is 19.3 Å². The first-order valence-corrected chi connectivity index (χ1v) is 9.33. The van der Waals surface area contributed by atoms with Crippen LogP contribution in [-0.4, -0.2) is 34.5 Å². The first kappa shape index (κ1) is 18.3. The lowest BCUT2D eigenvalue weighted by atomic mass is 9.98. The summed E-state index contributed by atoms with van der Waals surface area (Å²) in [5.74, 6) is -1.37. The van der Waals surface area contributed by atoms with Crippen LogP contribution < -0.4 is 5.63 Å². The summed E-state index contributed by atoms with van der Waals surface area (Å²) >= 11 is 0. The highest BCUT2D eigenvalue weighted by Gasteiger charge is 2.32. The fourth-order valence-corrected chi connectivity index (χ4v) is 3.98. The van der Waals surface area contributed by atoms with E-state index < -0.39 is 17.6 Å². The van der Waals surface area contributed by atoms with Crippen LogP contribution in [0.15, 0.2) is 32.0 Å². The van der Waals surface area contributed by atoms with Crippen molar-refractivity contribution in [3.8, 4) is 0 Å². The van der Waals surface area contributed by atoms with E-state index in [0.29, 0.717) is 29.7 Å². The van der Waals surface area contributed by atoms with E-state index in [9.17, 15) is 19.5 Å². The van der Waals surface area contributed by atoms with Crippen molar-refractivity contribution in [1.82, 2.24) is 4.90 Å². The minimum absolute atomic E-state index is 0.170. The van der Waals surface area contributed by atoms with Gasteiger partial charge >= 0.3 is 11.6 Å². The van der Waals surface area contributed by atoms with Gasteiger partial charge in [-0.2, -0.15) is 0 Å². The van der Waals surface area contributed by atoms with Crippen molar-refractivity contribution in [1.29, 1.82) is 0 Å². The summed E-state index contributed by atoms with van der Waals surface area (Å²) in [5.41, 5.74) is 2.37. The highest BCUT2D eigenvalue weighted by Crippen LogP contribution is 2.29. The van der Waals surface area contributed by atoms with Gasteiger partial charge in [-0.1, -0.05) is 0 Å². The van der Waals surface area contributed by atoms with Gasteiger partial charge in [0.25, 0.3) is 0 Å². The average Bonchev–Trinajstić information content (AvgIpc) is 3.03. The SMILES string of the molecule is Cc1coc2cc3oc(=O)c(CC(=O)N4CCCCC4C(=O)O)c(C)c3cc12. The second kappa shape index (κ2) is 6.82. The van der Waals surface area contributed by atoms with Gasteiger partial charge in [0.05, 0.1) is 18.2 Å². The summed E-state index contributed by atoms with van der Waals surface area (Å²) in [5, 5.41) is 11.1. The van der Waals surface area contributed by atoms with Crippen molar-refractivity contribution in [2.45, 2.75) is 45.6 Å². The monoisotopic (exact) mass is 383 g/mol. The lowest BCUT2D eigenvalue weighted by Gasteiger charge is -2.33. The zero-order valence-electron chi connectivity index (χ0n) is 15.8. The number of carboxylic acid groups (broad SMARTS) is 1. The number of rotatable bonds is 3. The maximum Gasteiger partial charge on any atom is 0.340 e. The molecule has 0 bridgehead atoms. The standard InChI is InChI=1S/C21H21NO6/c1-11-10-27-17-9-18-14(7-13(11)17)12(2)15(21(26)28-18)8-19(23)22-6-4-3-5-16(22)20(24)25/h7,9-10,16H,3-6,8H2,1-2H3,(H,24,25). The summed E-state index contributed by atoms with van der Waals surface area (Å²) in [6.07, 6.45) is 3.45. The third-order valence-electron chi connectivity index (χ3n) is 5.61. The molecule has 1 aliphatic rings. The number of likely N-dealkylation sites (tertiary alicyclic amines) is 1. The zero-order chi connectivity index (χ0) is 20.0. The molecule has 146 valence electrons. The van der Waals surface area contributed by atoms with E-state index in [1.165, 1.54) is 4.90 Å². The third-order valence-corrected chi connectivity index (χ3v) is 5.61. The predicted octanol–water partition coefficient (Wildman–Crippen LogP) is 3.16. The van der Waals surface area contributed by atoms with Crippen LogP contribution in [0.1, 0.15) is 36.0 Å². The number of nitrogens with zero attached hydrogens (tertiary/aromatic N) is 1. The molecule has 7 nitrogen and oxygen atoms in total. The Morgan fingerprint density at radius 2 is 1.96 bits per heavy atom. The van der Waals surface area contributed by atoms with Crippen LogP contribution in [0.5, 0.6) is 0 Å². The van der Waals surface area contributed by atoms with Crippen molar-refractivity contribution in [3.63, 3.8) is 0 Å². The van der Waals surface area contributed by atoms with Crippen LogP contribution in [-0.2, 0) is 16.0 Å². The van der Waals surface area contributed by atoms with E-state index >= 15 is 0 Å². The molecule has 0 spiro atoms. The molecule has 1 aliphatic heterocycles. The average molecular weight is 383 g/mol. The number of hydrogen-bond donors (Lipinski definition) is 1. The number of piperidine rings is 1. The van der Waals surface area contributed by atoms with E-state index in [0.717, 1.165) is 29.2 Å². The number of benzene rings is 1. The van der Waals surface area contributed by atoms with Gasteiger partial charge in [-0.05, 0) is 50.3 Å². The molecule has 0 radical (unpaired) electrons. The Kier molecular flexibility index (Phi) is 4.45. The number of carboxylic acids is 1. The van der Waals surface area contributed by atoms with Crippen LogP contribution in [0.3, 0.4) is 0 Å². The van der Waals surface area contributed by atoms with Gasteiger partial charge in [-0.25, -0.2) is 9.59 Å². The lowest BCUT2D eigenvalue weighted by molar-refractivity contribution is -0.151. The van der Waals surface area contributed by atoms with Gasteiger partial charge in [0.1, 0.15) is 17.2 Å². The van der Waals surface area contributed by atoms with Crippen LogP contribution in [0.2, 0.25) is 0 Å². The van der Waals surface area contributed by atoms with Crippen molar-refractivity contribution in [2.75, 3.05) is 6.54 Å². The molecule has 7 heteroatoms. The van der Waals surface area contributed by atoms with Crippen LogP contribution >= 0.6 is 0 Å². The Hall–Kier alpha value is -3.09. The minimum Gasteiger partial charge on any atom is -0.480 e. The smallest absolute Gasteiger partial charge is 0.340 e. The molecule has 3 heterocycles. The molecular formula is C21H21NO6. The van der Waals surface area contributed by atoms with Crippen LogP contribution in [0.4, 0.5) is 0 Å². The zero-order valence-corrected chi connectivity index (χ0v) is 15.8. The molecule has 0 aliphatic carbocycles. The fourth-order valence-electron chi connectivity index (χ4n) is 3.98. The number of aliphatic carboxylic acids is 1. The maximum absolute atomic E-state index is 12.8. The molecule has 4 rings (SSSR count). The minimum atomic E-state index is -1.01.